The SMILES string of the molecule is CCOc1ccc2nc(NC(=O)c3ccccc3Sc3ccccc3C#N)sc2c1. The number of nitrogens with one attached hydrogen (secondary N) is 1. The number of carbonyl (C=O) groups excluding carboxylic acids is 1. The van der Waals surface area contributed by atoms with Gasteiger partial charge in [-0.3, -0.25) is 10.1 Å². The summed E-state index contributed by atoms with van der Waals surface area (Å²) in [6, 6.07) is 22.6. The van der Waals surface area contributed by atoms with E-state index in [1.165, 1.54) is 23.1 Å². The third-order valence-electron chi connectivity index (χ3n) is 4.25. The summed E-state index contributed by atoms with van der Waals surface area (Å²) in [5, 5.41) is 12.8. The molecule has 4 rings (SSSR count). The molecule has 3 aromatic carbocycles. The number of benzene rings is 3. The van der Waals surface area contributed by atoms with Crippen LogP contribution in [0, 0.1) is 11.3 Å². The van der Waals surface area contributed by atoms with Gasteiger partial charge in [-0.1, -0.05) is 47.4 Å². The average Bonchev–Trinajstić information content (AvgIpc) is 3.16. The first-order valence-electron chi connectivity index (χ1n) is 9.28. The van der Waals surface area contributed by atoms with Crippen molar-refractivity contribution in [1.29, 1.82) is 5.26 Å². The zero-order chi connectivity index (χ0) is 20.9. The number of hydrogen-bond acceptors (Lipinski definition) is 6. The summed E-state index contributed by atoms with van der Waals surface area (Å²) in [6.07, 6.45) is 0. The lowest BCUT2D eigenvalue weighted by Crippen LogP contribution is -2.12. The van der Waals surface area contributed by atoms with E-state index in [0.717, 1.165) is 25.8 Å². The number of ether oxygens (including phenoxy) is 1. The standard InChI is InChI=1S/C23H17N3O2S2/c1-2-28-16-11-12-18-21(13-16)30-23(25-18)26-22(27)17-8-4-6-10-20(17)29-19-9-5-3-7-15(19)14-24/h3-13H,2H2,1H3,(H,25,26,27). The smallest absolute Gasteiger partial charge is 0.258 e. The Balaban J connectivity index is 1.58. The van der Waals surface area contributed by atoms with Crippen molar-refractivity contribution in [2.45, 2.75) is 16.7 Å². The second kappa shape index (κ2) is 8.99. The summed E-state index contributed by atoms with van der Waals surface area (Å²) in [5.74, 6) is 0.543. The predicted molar refractivity (Wildman–Crippen MR) is 120 cm³/mol. The van der Waals surface area contributed by atoms with Gasteiger partial charge >= 0.3 is 0 Å². The van der Waals surface area contributed by atoms with Gasteiger partial charge < -0.3 is 4.74 Å². The molecule has 1 heterocycles. The van der Waals surface area contributed by atoms with Crippen molar-refractivity contribution >= 4 is 44.4 Å². The van der Waals surface area contributed by atoms with Crippen LogP contribution in [0.2, 0.25) is 0 Å². The maximum absolute atomic E-state index is 13.0. The van der Waals surface area contributed by atoms with Crippen molar-refractivity contribution in [2.24, 2.45) is 0 Å². The number of hydrogen-bond donors (Lipinski definition) is 1. The minimum absolute atomic E-state index is 0.239. The second-order valence-corrected chi connectivity index (χ2v) is 8.36. The fourth-order valence-electron chi connectivity index (χ4n) is 2.89. The van der Waals surface area contributed by atoms with Crippen LogP contribution in [0.3, 0.4) is 0 Å². The summed E-state index contributed by atoms with van der Waals surface area (Å²) >= 11 is 2.80. The third-order valence-corrected chi connectivity index (χ3v) is 6.34. The second-order valence-electron chi connectivity index (χ2n) is 6.24. The molecule has 148 valence electrons. The van der Waals surface area contributed by atoms with E-state index in [4.69, 9.17) is 4.74 Å². The molecular weight excluding hydrogens is 414 g/mol. The van der Waals surface area contributed by atoms with Crippen LogP contribution in [-0.2, 0) is 0 Å². The first-order chi connectivity index (χ1) is 14.7. The van der Waals surface area contributed by atoms with Gasteiger partial charge in [0.15, 0.2) is 5.13 Å². The zero-order valence-corrected chi connectivity index (χ0v) is 17.7. The van der Waals surface area contributed by atoms with Crippen LogP contribution in [0.5, 0.6) is 5.75 Å². The number of carbonyl (C=O) groups is 1. The molecule has 0 radical (unpaired) electrons. The molecule has 1 N–H and O–H groups in total. The fraction of sp³-hybridized carbons (Fsp3) is 0.0870. The summed E-state index contributed by atoms with van der Waals surface area (Å²) in [7, 11) is 0. The zero-order valence-electron chi connectivity index (χ0n) is 16.1. The molecule has 0 aliphatic rings. The maximum atomic E-state index is 13.0. The third kappa shape index (κ3) is 4.30. The molecule has 0 atom stereocenters. The van der Waals surface area contributed by atoms with E-state index >= 15 is 0 Å². The highest BCUT2D eigenvalue weighted by atomic mass is 32.2. The van der Waals surface area contributed by atoms with Crippen LogP contribution in [-0.4, -0.2) is 17.5 Å². The number of amides is 1. The first kappa shape index (κ1) is 20.0. The molecule has 1 aromatic heterocycles. The maximum Gasteiger partial charge on any atom is 0.258 e. The van der Waals surface area contributed by atoms with Gasteiger partial charge in [0.2, 0.25) is 0 Å². The van der Waals surface area contributed by atoms with E-state index < -0.39 is 0 Å². The number of anilines is 1. The van der Waals surface area contributed by atoms with Gasteiger partial charge in [-0.05, 0) is 49.4 Å². The largest absolute Gasteiger partial charge is 0.494 e. The molecule has 0 fully saturated rings. The van der Waals surface area contributed by atoms with Crippen molar-refractivity contribution in [3.8, 4) is 11.8 Å². The van der Waals surface area contributed by atoms with Crippen LogP contribution in [0.1, 0.15) is 22.8 Å². The molecule has 0 saturated heterocycles. The minimum atomic E-state index is -0.239. The van der Waals surface area contributed by atoms with E-state index in [9.17, 15) is 10.1 Å². The first-order valence-corrected chi connectivity index (χ1v) is 10.9. The predicted octanol–water partition coefficient (Wildman–Crippen LogP) is 5.97. The van der Waals surface area contributed by atoms with Gasteiger partial charge in [-0.25, -0.2) is 4.98 Å². The van der Waals surface area contributed by atoms with Crippen LogP contribution in [0.4, 0.5) is 5.13 Å². The van der Waals surface area contributed by atoms with E-state index in [1.54, 1.807) is 12.1 Å². The quantitative estimate of drug-likeness (QED) is 0.407. The molecule has 0 unspecified atom stereocenters. The van der Waals surface area contributed by atoms with E-state index in [1.807, 2.05) is 61.5 Å². The van der Waals surface area contributed by atoms with Gasteiger partial charge in [0, 0.05) is 9.79 Å². The van der Waals surface area contributed by atoms with Gasteiger partial charge in [-0.15, -0.1) is 0 Å². The number of rotatable bonds is 6. The highest BCUT2D eigenvalue weighted by molar-refractivity contribution is 7.99. The van der Waals surface area contributed by atoms with Crippen molar-refractivity contribution in [3.05, 3.63) is 77.9 Å². The van der Waals surface area contributed by atoms with Gasteiger partial charge in [-0.2, -0.15) is 5.26 Å². The Morgan fingerprint density at radius 2 is 1.90 bits per heavy atom. The average molecular weight is 432 g/mol. The number of nitrogens with zero attached hydrogens (tertiary/aromatic N) is 2. The Kier molecular flexibility index (Phi) is 5.98. The van der Waals surface area contributed by atoms with Crippen LogP contribution in [0.15, 0.2) is 76.5 Å². The molecule has 30 heavy (non-hydrogen) atoms. The van der Waals surface area contributed by atoms with Gasteiger partial charge in [0.25, 0.3) is 5.91 Å². The number of aromatic nitrogens is 1. The highest BCUT2D eigenvalue weighted by Crippen LogP contribution is 2.34. The summed E-state index contributed by atoms with van der Waals surface area (Å²) in [5.41, 5.74) is 1.92. The number of nitriles is 1. The lowest BCUT2D eigenvalue weighted by molar-refractivity contribution is 0.102. The molecule has 0 spiro atoms. The Morgan fingerprint density at radius 1 is 1.13 bits per heavy atom. The van der Waals surface area contributed by atoms with Crippen molar-refractivity contribution in [2.75, 3.05) is 11.9 Å². The Morgan fingerprint density at radius 3 is 2.70 bits per heavy atom. The Labute approximate surface area is 182 Å². The molecule has 0 aliphatic heterocycles. The molecule has 0 aliphatic carbocycles. The fourth-order valence-corrected chi connectivity index (χ4v) is 4.80. The van der Waals surface area contributed by atoms with Crippen LogP contribution in [0.25, 0.3) is 10.2 Å². The summed E-state index contributed by atoms with van der Waals surface area (Å²) in [4.78, 5) is 19.1. The van der Waals surface area contributed by atoms with Gasteiger partial charge in [0.05, 0.1) is 28.0 Å². The summed E-state index contributed by atoms with van der Waals surface area (Å²) in [6.45, 7) is 2.53. The lowest BCUT2D eigenvalue weighted by atomic mass is 10.2. The lowest BCUT2D eigenvalue weighted by Gasteiger charge is -2.09. The van der Waals surface area contributed by atoms with Gasteiger partial charge in [0.1, 0.15) is 11.8 Å². The normalized spacial score (nSPS) is 10.5. The number of thiazole rings is 1. The Bertz CT molecular complexity index is 1260. The number of fused-ring (bicyclic) bond motifs is 1. The van der Waals surface area contributed by atoms with Crippen LogP contribution < -0.4 is 10.1 Å². The molecule has 0 bridgehead atoms. The van der Waals surface area contributed by atoms with Crippen molar-refractivity contribution < 1.29 is 9.53 Å². The van der Waals surface area contributed by atoms with E-state index in [2.05, 4.69) is 16.4 Å². The minimum Gasteiger partial charge on any atom is -0.494 e. The van der Waals surface area contributed by atoms with Crippen molar-refractivity contribution in [3.63, 3.8) is 0 Å². The van der Waals surface area contributed by atoms with Crippen molar-refractivity contribution in [1.82, 2.24) is 4.98 Å². The Hall–Kier alpha value is -3.34. The topological polar surface area (TPSA) is 75.0 Å². The summed E-state index contributed by atoms with van der Waals surface area (Å²) < 4.78 is 6.48. The molecule has 5 nitrogen and oxygen atoms in total. The molecule has 0 saturated carbocycles. The van der Waals surface area contributed by atoms with Crippen LogP contribution >= 0.6 is 23.1 Å². The monoisotopic (exact) mass is 431 g/mol. The van der Waals surface area contributed by atoms with E-state index in [-0.39, 0.29) is 5.91 Å². The molecule has 1 amide bonds. The van der Waals surface area contributed by atoms with E-state index in [0.29, 0.717) is 22.9 Å². The molecule has 7 heteroatoms. The highest BCUT2D eigenvalue weighted by Gasteiger charge is 2.15. The molecule has 4 aromatic rings. The molecular formula is C23H17N3O2S2.